The van der Waals surface area contributed by atoms with Gasteiger partial charge in [-0.2, -0.15) is 26.3 Å². The highest BCUT2D eigenvalue weighted by Crippen LogP contribution is 2.56. The molecular weight excluding hydrogens is 658 g/mol. The molecule has 256 valence electrons. The van der Waals surface area contributed by atoms with Crippen LogP contribution < -0.4 is 0 Å². The van der Waals surface area contributed by atoms with E-state index in [9.17, 15) is 0 Å². The van der Waals surface area contributed by atoms with Crippen molar-refractivity contribution in [3.05, 3.63) is 155 Å². The summed E-state index contributed by atoms with van der Waals surface area (Å²) in [5.74, 6) is 0. The quantitative estimate of drug-likeness (QED) is 0.163. The number of hydrogen-bond acceptors (Lipinski definition) is 0. The lowest BCUT2D eigenvalue weighted by molar-refractivity contribution is -0.288. The molecule has 2 heterocycles. The number of aromatic nitrogens is 2. The summed E-state index contributed by atoms with van der Waals surface area (Å²) >= 11 is 0. The van der Waals surface area contributed by atoms with E-state index in [2.05, 4.69) is 0 Å². The number of benzene rings is 6. The maximum absolute atomic E-state index is 15.3. The Morgan fingerprint density at radius 1 is 0.353 bits per heavy atom. The Bertz CT molecular complexity index is 2330. The average Bonchev–Trinajstić information content (AvgIpc) is 3.55. The summed E-state index contributed by atoms with van der Waals surface area (Å²) in [6, 6.07) is 33.0. The van der Waals surface area contributed by atoms with Crippen molar-refractivity contribution in [2.24, 2.45) is 0 Å². The number of fused-ring (bicyclic) bond motifs is 6. The fraction of sp³-hybridized carbons (Fsp3) is 0.163. The van der Waals surface area contributed by atoms with Crippen molar-refractivity contribution in [3.63, 3.8) is 0 Å². The van der Waals surface area contributed by atoms with Gasteiger partial charge in [0, 0.05) is 32.9 Å². The summed E-state index contributed by atoms with van der Waals surface area (Å²) in [5.41, 5.74) is 1.97. The van der Waals surface area contributed by atoms with E-state index in [1.807, 2.05) is 110 Å². The first-order chi connectivity index (χ1) is 24.2. The maximum atomic E-state index is 15.3. The van der Waals surface area contributed by atoms with E-state index in [4.69, 9.17) is 0 Å². The van der Waals surface area contributed by atoms with Gasteiger partial charge in [-0.15, -0.1) is 0 Å². The zero-order valence-corrected chi connectivity index (χ0v) is 28.2. The van der Waals surface area contributed by atoms with E-state index in [0.717, 1.165) is 90.1 Å². The molecule has 0 saturated carbocycles. The van der Waals surface area contributed by atoms with Crippen LogP contribution in [0.3, 0.4) is 0 Å². The third kappa shape index (κ3) is 4.87. The third-order valence-electron chi connectivity index (χ3n) is 10.1. The molecule has 8 aromatic rings. The van der Waals surface area contributed by atoms with Gasteiger partial charge in [-0.1, -0.05) is 72.8 Å². The third-order valence-corrected chi connectivity index (χ3v) is 10.1. The minimum atomic E-state index is -5.71. The molecule has 0 saturated heterocycles. The Morgan fingerprint density at radius 2 is 0.608 bits per heavy atom. The topological polar surface area (TPSA) is 9.86 Å². The van der Waals surface area contributed by atoms with Crippen molar-refractivity contribution >= 4 is 43.6 Å². The molecule has 0 aliphatic heterocycles. The van der Waals surface area contributed by atoms with Crippen molar-refractivity contribution in [3.8, 4) is 11.4 Å². The zero-order valence-electron chi connectivity index (χ0n) is 28.2. The second-order valence-corrected chi connectivity index (χ2v) is 13.6. The number of halogens is 6. The highest BCUT2D eigenvalue weighted by atomic mass is 19.4. The molecule has 0 aliphatic carbocycles. The van der Waals surface area contributed by atoms with Gasteiger partial charge >= 0.3 is 12.4 Å². The van der Waals surface area contributed by atoms with E-state index >= 15 is 26.3 Å². The maximum Gasteiger partial charge on any atom is 0.411 e. The van der Waals surface area contributed by atoms with Gasteiger partial charge < -0.3 is 9.13 Å². The zero-order chi connectivity index (χ0) is 36.0. The van der Waals surface area contributed by atoms with Crippen molar-refractivity contribution in [2.75, 3.05) is 0 Å². The fourth-order valence-electron chi connectivity index (χ4n) is 7.74. The predicted octanol–water partition coefficient (Wildman–Crippen LogP) is 12.5. The number of aryl methyl sites for hydroxylation is 4. The van der Waals surface area contributed by atoms with E-state index in [1.54, 1.807) is 0 Å². The van der Waals surface area contributed by atoms with Gasteiger partial charge in [0.05, 0.1) is 22.1 Å². The van der Waals surface area contributed by atoms with Crippen LogP contribution in [0.2, 0.25) is 0 Å². The molecular formula is C43H32F6N2. The van der Waals surface area contributed by atoms with Crippen molar-refractivity contribution in [1.29, 1.82) is 0 Å². The standard InChI is InChI=1S/C43H32F6N2/c1-25-5-17-33-34-18-6-26(2)22-38(34)50(37(33)21-25)31-13-9-29(10-14-31)41(42(44,45)46,43(47,48)49)30-11-15-32(16-12-30)51-39-23-27(3)7-19-35(39)36-20-8-28(4)24-40(36)51/h5-24H,1-4H3. The number of rotatable bonds is 4. The van der Waals surface area contributed by atoms with E-state index in [1.165, 1.54) is 24.3 Å². The van der Waals surface area contributed by atoms with Crippen molar-refractivity contribution < 1.29 is 26.3 Å². The summed E-state index contributed by atoms with van der Waals surface area (Å²) in [6.45, 7) is 7.74. The first kappa shape index (κ1) is 32.7. The highest BCUT2D eigenvalue weighted by Gasteiger charge is 2.72. The lowest BCUT2D eigenvalue weighted by Crippen LogP contribution is -2.54. The van der Waals surface area contributed by atoms with Gasteiger partial charge in [0.1, 0.15) is 0 Å². The molecule has 0 amide bonds. The average molecular weight is 691 g/mol. The van der Waals surface area contributed by atoms with Gasteiger partial charge in [0.25, 0.3) is 0 Å². The van der Waals surface area contributed by atoms with E-state index in [-0.39, 0.29) is 0 Å². The largest absolute Gasteiger partial charge is 0.411 e. The van der Waals surface area contributed by atoms with Crippen LogP contribution in [-0.2, 0) is 5.41 Å². The Kier molecular flexibility index (Phi) is 7.21. The second kappa shape index (κ2) is 11.3. The number of alkyl halides is 6. The number of hydrogen-bond donors (Lipinski definition) is 0. The van der Waals surface area contributed by atoms with Crippen molar-refractivity contribution in [1.82, 2.24) is 9.13 Å². The Balaban J connectivity index is 1.31. The molecule has 0 bridgehead atoms. The molecule has 0 N–H and O–H groups in total. The monoisotopic (exact) mass is 690 g/mol. The molecule has 0 aliphatic rings. The first-order valence-electron chi connectivity index (χ1n) is 16.6. The summed E-state index contributed by atoms with van der Waals surface area (Å²) < 4.78 is 95.4. The lowest BCUT2D eigenvalue weighted by atomic mass is 9.73. The molecule has 2 aromatic heterocycles. The molecule has 0 unspecified atom stereocenters. The smallest absolute Gasteiger partial charge is 0.309 e. The Morgan fingerprint density at radius 3 is 0.843 bits per heavy atom. The Hall–Kier alpha value is -5.50. The second-order valence-electron chi connectivity index (χ2n) is 13.6. The van der Waals surface area contributed by atoms with Crippen molar-refractivity contribution in [2.45, 2.75) is 45.5 Å². The van der Waals surface area contributed by atoms with Crippen LogP contribution in [0.1, 0.15) is 33.4 Å². The van der Waals surface area contributed by atoms with E-state index < -0.39 is 28.9 Å². The summed E-state index contributed by atoms with van der Waals surface area (Å²) in [7, 11) is 0. The molecule has 2 nitrogen and oxygen atoms in total. The normalized spacial score (nSPS) is 12.9. The molecule has 0 fully saturated rings. The predicted molar refractivity (Wildman–Crippen MR) is 193 cm³/mol. The van der Waals surface area contributed by atoms with Crippen LogP contribution in [0.15, 0.2) is 121 Å². The Labute approximate surface area is 290 Å². The summed E-state index contributed by atoms with van der Waals surface area (Å²) in [4.78, 5) is 0. The molecule has 6 aromatic carbocycles. The first-order valence-corrected chi connectivity index (χ1v) is 16.6. The molecule has 51 heavy (non-hydrogen) atoms. The van der Waals surface area contributed by atoms with Gasteiger partial charge in [-0.3, -0.25) is 0 Å². The summed E-state index contributed by atoms with van der Waals surface area (Å²) in [5, 5.41) is 3.75. The molecule has 0 spiro atoms. The summed E-state index contributed by atoms with van der Waals surface area (Å²) in [6.07, 6.45) is -11.4. The SMILES string of the molecule is Cc1ccc2c3ccc(C)cc3n(-c3ccc(C(c4ccc(-n5c6cc(C)ccc6c6ccc(C)cc65)cc4)(C(F)(F)F)C(F)(F)F)cc3)c2c1. The minimum absolute atomic E-state index is 0.459. The molecule has 8 heteroatoms. The van der Waals surface area contributed by atoms with Crippen LogP contribution in [0, 0.1) is 27.7 Å². The molecule has 8 rings (SSSR count). The van der Waals surface area contributed by atoms with Crippen LogP contribution in [0.5, 0.6) is 0 Å². The van der Waals surface area contributed by atoms with Gasteiger partial charge in [0.2, 0.25) is 5.41 Å². The molecule has 0 atom stereocenters. The highest BCUT2D eigenvalue weighted by molar-refractivity contribution is 6.10. The lowest BCUT2D eigenvalue weighted by Gasteiger charge is -2.38. The van der Waals surface area contributed by atoms with Crippen LogP contribution in [-0.4, -0.2) is 21.5 Å². The number of nitrogens with zero attached hydrogens (tertiary/aromatic N) is 2. The fourth-order valence-corrected chi connectivity index (χ4v) is 7.74. The molecule has 0 radical (unpaired) electrons. The van der Waals surface area contributed by atoms with Crippen LogP contribution >= 0.6 is 0 Å². The van der Waals surface area contributed by atoms with Gasteiger partial charge in [-0.05, 0) is 110 Å². The van der Waals surface area contributed by atoms with Crippen LogP contribution in [0.4, 0.5) is 26.3 Å². The van der Waals surface area contributed by atoms with Crippen LogP contribution in [0.25, 0.3) is 55.0 Å². The van der Waals surface area contributed by atoms with Gasteiger partial charge in [-0.25, -0.2) is 0 Å². The minimum Gasteiger partial charge on any atom is -0.309 e. The van der Waals surface area contributed by atoms with Gasteiger partial charge in [0.15, 0.2) is 0 Å². The van der Waals surface area contributed by atoms with E-state index in [0.29, 0.717) is 11.4 Å².